The lowest BCUT2D eigenvalue weighted by atomic mass is 10.1. The number of anilines is 3. The number of hydrogen-bond acceptors (Lipinski definition) is 7. The van der Waals surface area contributed by atoms with Crippen molar-refractivity contribution in [1.82, 2.24) is 9.88 Å². The summed E-state index contributed by atoms with van der Waals surface area (Å²) in [5.74, 6) is -0.301. The van der Waals surface area contributed by atoms with Crippen molar-refractivity contribution in [2.24, 2.45) is 0 Å². The third-order valence-corrected chi connectivity index (χ3v) is 7.42. The number of amides is 2. The van der Waals surface area contributed by atoms with Gasteiger partial charge in [0.15, 0.2) is 5.13 Å². The van der Waals surface area contributed by atoms with Crippen molar-refractivity contribution in [3.63, 3.8) is 0 Å². The first-order chi connectivity index (χ1) is 17.0. The first kappa shape index (κ1) is 23.0. The van der Waals surface area contributed by atoms with Crippen molar-refractivity contribution in [3.8, 4) is 6.07 Å². The normalized spacial score (nSPS) is 17.5. The van der Waals surface area contributed by atoms with E-state index < -0.39 is 0 Å². The van der Waals surface area contributed by atoms with Crippen LogP contribution in [0.4, 0.5) is 16.5 Å². The molecular weight excluding hydrogens is 460 g/mol. The molecule has 3 heterocycles. The van der Waals surface area contributed by atoms with E-state index in [4.69, 9.17) is 5.26 Å². The van der Waals surface area contributed by atoms with Gasteiger partial charge < -0.3 is 15.1 Å². The second-order valence-corrected chi connectivity index (χ2v) is 9.99. The summed E-state index contributed by atoms with van der Waals surface area (Å²) in [6.07, 6.45) is 2.52. The van der Waals surface area contributed by atoms with Crippen LogP contribution in [0.5, 0.6) is 0 Å². The molecule has 0 unspecified atom stereocenters. The van der Waals surface area contributed by atoms with E-state index in [0.717, 1.165) is 50.3 Å². The molecule has 1 saturated heterocycles. The van der Waals surface area contributed by atoms with Gasteiger partial charge in [0.25, 0.3) is 5.91 Å². The number of likely N-dealkylation sites (N-methyl/N-ethyl adjacent to an activating group) is 1. The Morgan fingerprint density at radius 2 is 1.97 bits per heavy atom. The minimum Gasteiger partial charge on any atom is -0.359 e. The summed E-state index contributed by atoms with van der Waals surface area (Å²) in [5.41, 5.74) is 3.66. The van der Waals surface area contributed by atoms with Gasteiger partial charge in [-0.25, -0.2) is 4.98 Å². The zero-order chi connectivity index (χ0) is 24.4. The van der Waals surface area contributed by atoms with E-state index in [1.807, 2.05) is 23.1 Å². The number of carbonyl (C=O) groups excluding carboxylic acids is 2. The Labute approximate surface area is 208 Å². The van der Waals surface area contributed by atoms with Crippen LogP contribution in [0.1, 0.15) is 39.3 Å². The second kappa shape index (κ2) is 9.86. The minimum atomic E-state index is -0.327. The predicted octanol–water partition coefficient (Wildman–Crippen LogP) is 3.86. The standard InChI is InChI=1S/C26H26N6O2S/c1-31-13-11-21-23(16-31)35-26(29-21)30-24(33)18-4-2-5-20(14-18)32-12-3-6-22(32)25(34)28-19-9-7-17(15-27)8-10-19/h2,4-5,7-10,14,22H,3,6,11-13,16H2,1H3,(H,28,34)(H,29,30,33)/t22-/m1/s1. The van der Waals surface area contributed by atoms with E-state index in [-0.39, 0.29) is 17.9 Å². The average Bonchev–Trinajstić information content (AvgIpc) is 3.51. The maximum Gasteiger partial charge on any atom is 0.257 e. The molecule has 178 valence electrons. The highest BCUT2D eigenvalue weighted by Gasteiger charge is 2.31. The summed E-state index contributed by atoms with van der Waals surface area (Å²) < 4.78 is 0. The van der Waals surface area contributed by atoms with E-state index >= 15 is 0 Å². The van der Waals surface area contributed by atoms with Crippen LogP contribution in [0.3, 0.4) is 0 Å². The largest absolute Gasteiger partial charge is 0.359 e. The first-order valence-corrected chi connectivity index (χ1v) is 12.5. The van der Waals surface area contributed by atoms with Crippen LogP contribution >= 0.6 is 11.3 Å². The van der Waals surface area contributed by atoms with E-state index in [2.05, 4.69) is 33.6 Å². The summed E-state index contributed by atoms with van der Waals surface area (Å²) in [6.45, 7) is 2.57. The Morgan fingerprint density at radius 1 is 1.14 bits per heavy atom. The van der Waals surface area contributed by atoms with E-state index in [1.165, 1.54) is 16.2 Å². The summed E-state index contributed by atoms with van der Waals surface area (Å²) in [7, 11) is 2.09. The van der Waals surface area contributed by atoms with Crippen molar-refractivity contribution in [2.45, 2.75) is 31.8 Å². The van der Waals surface area contributed by atoms with Gasteiger partial charge >= 0.3 is 0 Å². The van der Waals surface area contributed by atoms with Gasteiger partial charge in [0.1, 0.15) is 6.04 Å². The Kier molecular flexibility index (Phi) is 6.49. The monoisotopic (exact) mass is 486 g/mol. The van der Waals surface area contributed by atoms with Crippen LogP contribution in [0, 0.1) is 11.3 Å². The molecule has 8 nitrogen and oxygen atoms in total. The van der Waals surface area contributed by atoms with Crippen LogP contribution in [-0.4, -0.2) is 47.9 Å². The number of carbonyl (C=O) groups is 2. The van der Waals surface area contributed by atoms with E-state index in [0.29, 0.717) is 21.9 Å². The number of hydrogen-bond donors (Lipinski definition) is 2. The zero-order valence-corrected chi connectivity index (χ0v) is 20.3. The van der Waals surface area contributed by atoms with Gasteiger partial charge in [0, 0.05) is 47.9 Å². The SMILES string of the molecule is CN1CCc2nc(NC(=O)c3cccc(N4CCC[C@@H]4C(=O)Nc4ccc(C#N)cc4)c3)sc2C1. The Balaban J connectivity index is 1.28. The molecule has 1 atom stereocenters. The van der Waals surface area contributed by atoms with Gasteiger partial charge in [-0.1, -0.05) is 6.07 Å². The summed E-state index contributed by atoms with van der Waals surface area (Å²) in [5, 5.41) is 15.5. The lowest BCUT2D eigenvalue weighted by Crippen LogP contribution is -2.39. The van der Waals surface area contributed by atoms with Crippen LogP contribution in [-0.2, 0) is 17.8 Å². The van der Waals surface area contributed by atoms with Crippen LogP contribution in [0.15, 0.2) is 48.5 Å². The van der Waals surface area contributed by atoms with Gasteiger partial charge in [-0.05, 0) is 62.4 Å². The molecule has 0 radical (unpaired) electrons. The third kappa shape index (κ3) is 5.04. The molecule has 35 heavy (non-hydrogen) atoms. The molecule has 9 heteroatoms. The topological polar surface area (TPSA) is 101 Å². The number of benzene rings is 2. The van der Waals surface area contributed by atoms with Gasteiger partial charge in [0.2, 0.25) is 5.91 Å². The highest BCUT2D eigenvalue weighted by Crippen LogP contribution is 2.30. The number of nitrogens with zero attached hydrogens (tertiary/aromatic N) is 4. The molecule has 2 amide bonds. The van der Waals surface area contributed by atoms with Crippen molar-refractivity contribution < 1.29 is 9.59 Å². The maximum atomic E-state index is 13.0. The van der Waals surface area contributed by atoms with Gasteiger partial charge in [0.05, 0.1) is 17.3 Å². The fraction of sp³-hybridized carbons (Fsp3) is 0.308. The number of rotatable bonds is 5. The van der Waals surface area contributed by atoms with Crippen molar-refractivity contribution >= 4 is 39.7 Å². The molecule has 0 aliphatic carbocycles. The molecule has 2 aliphatic heterocycles. The average molecular weight is 487 g/mol. The highest BCUT2D eigenvalue weighted by molar-refractivity contribution is 7.15. The maximum absolute atomic E-state index is 13.0. The number of nitrogens with one attached hydrogen (secondary N) is 2. The van der Waals surface area contributed by atoms with Gasteiger partial charge in [-0.2, -0.15) is 5.26 Å². The fourth-order valence-electron chi connectivity index (χ4n) is 4.57. The molecule has 0 spiro atoms. The van der Waals surface area contributed by atoms with Crippen molar-refractivity contribution in [1.29, 1.82) is 5.26 Å². The molecule has 5 rings (SSSR count). The number of thiazole rings is 1. The van der Waals surface area contributed by atoms with Gasteiger partial charge in [-0.15, -0.1) is 11.3 Å². The van der Waals surface area contributed by atoms with Crippen molar-refractivity contribution in [2.75, 3.05) is 35.7 Å². The highest BCUT2D eigenvalue weighted by atomic mass is 32.1. The quantitative estimate of drug-likeness (QED) is 0.568. The summed E-state index contributed by atoms with van der Waals surface area (Å²) in [4.78, 5) is 36.1. The van der Waals surface area contributed by atoms with Crippen LogP contribution in [0.2, 0.25) is 0 Å². The second-order valence-electron chi connectivity index (χ2n) is 8.91. The molecular formula is C26H26N6O2S. The summed E-state index contributed by atoms with van der Waals surface area (Å²) in [6, 6.07) is 16.0. The third-order valence-electron chi connectivity index (χ3n) is 6.42. The number of fused-ring (bicyclic) bond motifs is 1. The molecule has 1 aromatic heterocycles. The molecule has 2 N–H and O–H groups in total. The van der Waals surface area contributed by atoms with Crippen molar-refractivity contribution in [3.05, 3.63) is 70.2 Å². The molecule has 1 fully saturated rings. The first-order valence-electron chi connectivity index (χ1n) is 11.7. The summed E-state index contributed by atoms with van der Waals surface area (Å²) >= 11 is 1.53. The van der Waals surface area contributed by atoms with E-state index in [1.54, 1.807) is 30.3 Å². The number of nitriles is 1. The molecule has 2 aliphatic rings. The fourth-order valence-corrected chi connectivity index (χ4v) is 5.66. The van der Waals surface area contributed by atoms with E-state index in [9.17, 15) is 9.59 Å². The lowest BCUT2D eigenvalue weighted by Gasteiger charge is -2.26. The lowest BCUT2D eigenvalue weighted by molar-refractivity contribution is -0.117. The Morgan fingerprint density at radius 3 is 2.77 bits per heavy atom. The Bertz CT molecular complexity index is 1300. The van der Waals surface area contributed by atoms with Gasteiger partial charge in [-0.3, -0.25) is 14.9 Å². The molecule has 0 saturated carbocycles. The molecule has 0 bridgehead atoms. The molecule has 3 aromatic rings. The predicted molar refractivity (Wildman–Crippen MR) is 137 cm³/mol. The van der Waals surface area contributed by atoms with Crippen LogP contribution in [0.25, 0.3) is 0 Å². The smallest absolute Gasteiger partial charge is 0.257 e. The number of aromatic nitrogens is 1. The Hall–Kier alpha value is -3.74. The van der Waals surface area contributed by atoms with Crippen LogP contribution < -0.4 is 15.5 Å². The zero-order valence-electron chi connectivity index (χ0n) is 19.5. The minimum absolute atomic E-state index is 0.0969. The molecule has 2 aromatic carbocycles.